The summed E-state index contributed by atoms with van der Waals surface area (Å²) in [6.07, 6.45) is 11.4. The van der Waals surface area contributed by atoms with Crippen LogP contribution in [0.3, 0.4) is 0 Å². The molecule has 6 aliphatic rings. The summed E-state index contributed by atoms with van der Waals surface area (Å²) in [5, 5.41) is 17.9. The van der Waals surface area contributed by atoms with Crippen molar-refractivity contribution in [3.63, 3.8) is 0 Å². The summed E-state index contributed by atoms with van der Waals surface area (Å²) in [5.74, 6) is 2.57. The van der Waals surface area contributed by atoms with E-state index in [1.807, 2.05) is 0 Å². The Balaban J connectivity index is 1.25. The number of aliphatic hydroxyl groups is 1. The van der Waals surface area contributed by atoms with Gasteiger partial charge in [0.05, 0.1) is 16.9 Å². The van der Waals surface area contributed by atoms with Gasteiger partial charge in [-0.1, -0.05) is 12.8 Å². The first-order valence-corrected chi connectivity index (χ1v) is 13.3. The van der Waals surface area contributed by atoms with Crippen molar-refractivity contribution in [2.24, 2.45) is 17.8 Å². The fraction of sp³-hybridized carbons (Fsp3) is 0.808. The molecule has 5 aliphatic carbocycles. The lowest BCUT2D eigenvalue weighted by Gasteiger charge is -2.58. The molecule has 4 atom stereocenters. The number of rotatable bonds is 4. The number of nitrogens with zero attached hydrogens (tertiary/aromatic N) is 3. The third-order valence-corrected chi connectivity index (χ3v) is 9.17. The average molecular weight is 454 g/mol. The molecule has 33 heavy (non-hydrogen) atoms. The maximum atomic E-state index is 13.6. The number of piperazine rings is 1. The molecular formula is C26H39N5O2. The molecule has 1 aliphatic heterocycles. The number of aromatic nitrogens is 2. The molecule has 2 heterocycles. The number of carbonyl (C=O) groups excluding carboxylic acids is 1. The van der Waals surface area contributed by atoms with Crippen LogP contribution in [0, 0.1) is 17.8 Å². The zero-order chi connectivity index (χ0) is 22.7. The van der Waals surface area contributed by atoms with Gasteiger partial charge in [-0.05, 0) is 76.5 Å². The molecule has 7 heteroatoms. The molecular weight excluding hydrogens is 414 g/mol. The van der Waals surface area contributed by atoms with Crippen molar-refractivity contribution in [3.8, 4) is 0 Å². The van der Waals surface area contributed by atoms with Gasteiger partial charge in [0.25, 0.3) is 5.91 Å². The lowest BCUT2D eigenvalue weighted by molar-refractivity contribution is -0.136. The molecule has 1 aromatic heterocycles. The molecule has 3 N–H and O–H groups in total. The van der Waals surface area contributed by atoms with Crippen LogP contribution in [0.5, 0.6) is 0 Å². The highest BCUT2D eigenvalue weighted by atomic mass is 16.3. The third kappa shape index (κ3) is 4.05. The van der Waals surface area contributed by atoms with Gasteiger partial charge in [-0.15, -0.1) is 0 Å². The van der Waals surface area contributed by atoms with Crippen molar-refractivity contribution in [1.82, 2.24) is 20.6 Å². The molecule has 0 aromatic carbocycles. The van der Waals surface area contributed by atoms with Crippen molar-refractivity contribution in [1.29, 1.82) is 0 Å². The molecule has 180 valence electrons. The summed E-state index contributed by atoms with van der Waals surface area (Å²) in [7, 11) is 0. The van der Waals surface area contributed by atoms with Gasteiger partial charge in [0.15, 0.2) is 0 Å². The Morgan fingerprint density at radius 3 is 2.42 bits per heavy atom. The van der Waals surface area contributed by atoms with Crippen LogP contribution < -0.4 is 15.5 Å². The highest BCUT2D eigenvalue weighted by molar-refractivity contribution is 5.95. The molecule has 1 aromatic rings. The van der Waals surface area contributed by atoms with Gasteiger partial charge >= 0.3 is 0 Å². The van der Waals surface area contributed by atoms with Crippen LogP contribution in [0.25, 0.3) is 0 Å². The van der Waals surface area contributed by atoms with Crippen LogP contribution in [0.1, 0.15) is 93.6 Å². The predicted molar refractivity (Wildman–Crippen MR) is 127 cm³/mol. The molecule has 0 radical (unpaired) electrons. The highest BCUT2D eigenvalue weighted by Gasteiger charge is 2.55. The molecule has 0 spiro atoms. The standard InChI is InChI=1S/C26H39N5O2/c1-15-13-31(14-16(2)28-15)25-27-12-21(23(30-25)18-5-3-4-6-18)24(32)29-22-19-7-17-8-20(22)11-26(33,9-17)10-19/h12,15-20,22,28,33H,3-11,13-14H2,1-2H3,(H,29,32)/t15-,16+,17?,19?,20?,22-,26+. The van der Waals surface area contributed by atoms with Gasteiger partial charge in [0.1, 0.15) is 0 Å². The van der Waals surface area contributed by atoms with Crippen LogP contribution in [0.4, 0.5) is 5.95 Å². The second kappa shape index (κ2) is 8.19. The average Bonchev–Trinajstić information content (AvgIpc) is 3.29. The van der Waals surface area contributed by atoms with Crippen LogP contribution in [-0.2, 0) is 0 Å². The van der Waals surface area contributed by atoms with Gasteiger partial charge in [-0.2, -0.15) is 0 Å². The Labute approximate surface area is 197 Å². The Bertz CT molecular complexity index is 890. The summed E-state index contributed by atoms with van der Waals surface area (Å²) in [6, 6.07) is 0.962. The van der Waals surface area contributed by atoms with E-state index in [1.54, 1.807) is 6.20 Å². The van der Waals surface area contributed by atoms with Crippen molar-refractivity contribution < 1.29 is 9.90 Å². The van der Waals surface area contributed by atoms with E-state index in [9.17, 15) is 9.90 Å². The quantitative estimate of drug-likeness (QED) is 0.649. The van der Waals surface area contributed by atoms with Gasteiger partial charge in [-0.3, -0.25) is 4.79 Å². The zero-order valence-electron chi connectivity index (χ0n) is 20.1. The summed E-state index contributed by atoms with van der Waals surface area (Å²) in [5.41, 5.74) is 1.15. The summed E-state index contributed by atoms with van der Waals surface area (Å²) < 4.78 is 0. The fourth-order valence-electron chi connectivity index (χ4n) is 8.16. The number of nitrogens with one attached hydrogen (secondary N) is 2. The molecule has 7 rings (SSSR count). The van der Waals surface area contributed by atoms with E-state index in [2.05, 4.69) is 29.4 Å². The normalized spacial score (nSPS) is 40.4. The van der Waals surface area contributed by atoms with Gasteiger partial charge in [-0.25, -0.2) is 9.97 Å². The topological polar surface area (TPSA) is 90.4 Å². The van der Waals surface area contributed by atoms with Crippen LogP contribution in [0.15, 0.2) is 6.20 Å². The molecule has 6 fully saturated rings. The zero-order valence-corrected chi connectivity index (χ0v) is 20.1. The summed E-state index contributed by atoms with van der Waals surface area (Å²) in [6.45, 7) is 6.17. The molecule has 1 saturated heterocycles. The van der Waals surface area contributed by atoms with Crippen molar-refractivity contribution in [2.45, 2.75) is 101 Å². The molecule has 1 amide bonds. The van der Waals surface area contributed by atoms with Crippen LogP contribution >= 0.6 is 0 Å². The maximum absolute atomic E-state index is 13.6. The molecule has 2 unspecified atom stereocenters. The second-order valence-corrected chi connectivity index (χ2v) is 12.0. The first-order chi connectivity index (χ1) is 15.9. The minimum atomic E-state index is -0.477. The smallest absolute Gasteiger partial charge is 0.254 e. The third-order valence-electron chi connectivity index (χ3n) is 9.17. The van der Waals surface area contributed by atoms with Crippen LogP contribution in [0.2, 0.25) is 0 Å². The molecule has 7 nitrogen and oxygen atoms in total. The van der Waals surface area contributed by atoms with Gasteiger partial charge < -0.3 is 20.6 Å². The number of anilines is 1. The van der Waals surface area contributed by atoms with E-state index in [-0.39, 0.29) is 11.9 Å². The van der Waals surface area contributed by atoms with E-state index in [0.29, 0.717) is 41.3 Å². The van der Waals surface area contributed by atoms with Gasteiger partial charge in [0, 0.05) is 43.3 Å². The van der Waals surface area contributed by atoms with Gasteiger partial charge in [0.2, 0.25) is 5.95 Å². The highest BCUT2D eigenvalue weighted by Crippen LogP contribution is 2.55. The monoisotopic (exact) mass is 453 g/mol. The lowest BCUT2D eigenvalue weighted by atomic mass is 9.52. The second-order valence-electron chi connectivity index (χ2n) is 12.0. The Hall–Kier alpha value is -1.73. The lowest BCUT2D eigenvalue weighted by Crippen LogP contribution is -2.61. The van der Waals surface area contributed by atoms with Crippen molar-refractivity contribution in [3.05, 3.63) is 17.5 Å². The van der Waals surface area contributed by atoms with E-state index in [4.69, 9.17) is 9.97 Å². The first-order valence-electron chi connectivity index (χ1n) is 13.3. The molecule has 5 saturated carbocycles. The van der Waals surface area contributed by atoms with Crippen LogP contribution in [-0.4, -0.2) is 57.8 Å². The number of carbonyl (C=O) groups is 1. The summed E-state index contributed by atoms with van der Waals surface area (Å²) >= 11 is 0. The molecule has 4 bridgehead atoms. The van der Waals surface area contributed by atoms with E-state index in [0.717, 1.165) is 69.7 Å². The number of hydrogen-bond acceptors (Lipinski definition) is 6. The minimum absolute atomic E-state index is 0.00467. The van der Waals surface area contributed by atoms with E-state index >= 15 is 0 Å². The van der Waals surface area contributed by atoms with E-state index in [1.165, 1.54) is 12.8 Å². The van der Waals surface area contributed by atoms with E-state index < -0.39 is 5.60 Å². The Kier molecular flexibility index (Phi) is 5.41. The fourth-order valence-corrected chi connectivity index (χ4v) is 8.16. The van der Waals surface area contributed by atoms with Crippen molar-refractivity contribution >= 4 is 11.9 Å². The first kappa shape index (κ1) is 21.8. The minimum Gasteiger partial charge on any atom is -0.390 e. The Morgan fingerprint density at radius 2 is 1.79 bits per heavy atom. The predicted octanol–water partition coefficient (Wildman–Crippen LogP) is 2.99. The number of hydrogen-bond donors (Lipinski definition) is 3. The Morgan fingerprint density at radius 1 is 1.12 bits per heavy atom. The largest absolute Gasteiger partial charge is 0.390 e. The SMILES string of the molecule is C[C@@H]1CN(c2ncc(C(=O)N[C@H]3C4CC5CC3C[C@@](O)(C5)C4)c(C3CCCC3)n2)C[C@H](C)N1. The van der Waals surface area contributed by atoms with Crippen molar-refractivity contribution in [2.75, 3.05) is 18.0 Å². The summed E-state index contributed by atoms with van der Waals surface area (Å²) in [4.78, 5) is 25.6. The maximum Gasteiger partial charge on any atom is 0.254 e. The number of amides is 1.